The molecule has 0 bridgehead atoms. The minimum absolute atomic E-state index is 0.449. The van der Waals surface area contributed by atoms with E-state index < -0.39 is 18.0 Å². The summed E-state index contributed by atoms with van der Waals surface area (Å²) in [5, 5.41) is 20.1. The van der Waals surface area contributed by atoms with Crippen LogP contribution in [-0.4, -0.2) is 21.2 Å². The van der Waals surface area contributed by atoms with Gasteiger partial charge in [0.15, 0.2) is 0 Å². The summed E-state index contributed by atoms with van der Waals surface area (Å²) in [6, 6.07) is 0. The molecule has 0 fully saturated rings. The van der Waals surface area contributed by atoms with E-state index in [2.05, 4.69) is 4.98 Å². The van der Waals surface area contributed by atoms with Gasteiger partial charge < -0.3 is 10.2 Å². The van der Waals surface area contributed by atoms with E-state index in [1.165, 1.54) is 24.5 Å². The lowest BCUT2D eigenvalue weighted by Crippen LogP contribution is -2.18. The average molecular weight is 187 g/mol. The van der Waals surface area contributed by atoms with Gasteiger partial charge in [0.2, 0.25) is 0 Å². The maximum absolute atomic E-state index is 10.5. The monoisotopic (exact) mass is 187 g/mol. The molecule has 2 atom stereocenters. The topological polar surface area (TPSA) is 70.4 Å². The minimum Gasteiger partial charge on any atom is -0.481 e. The van der Waals surface area contributed by atoms with Crippen molar-refractivity contribution in [3.8, 4) is 0 Å². The fraction of sp³-hybridized carbons (Fsp3) is 0.429. The first kappa shape index (κ1) is 9.15. The Balaban J connectivity index is 2.71. The highest BCUT2D eigenvalue weighted by Crippen LogP contribution is 2.23. The second-order valence-corrected chi connectivity index (χ2v) is 3.37. The number of aliphatic carboxylic acids is 1. The van der Waals surface area contributed by atoms with Gasteiger partial charge in [-0.25, -0.2) is 4.98 Å². The van der Waals surface area contributed by atoms with Crippen molar-refractivity contribution in [2.75, 3.05) is 0 Å². The number of aromatic nitrogens is 1. The fourth-order valence-corrected chi connectivity index (χ4v) is 1.46. The molecule has 1 aromatic rings. The van der Waals surface area contributed by atoms with Crippen LogP contribution >= 0.6 is 11.3 Å². The fourth-order valence-electron chi connectivity index (χ4n) is 0.729. The van der Waals surface area contributed by atoms with Gasteiger partial charge in [-0.2, -0.15) is 0 Å². The van der Waals surface area contributed by atoms with E-state index in [9.17, 15) is 9.90 Å². The van der Waals surface area contributed by atoms with E-state index in [0.717, 1.165) is 0 Å². The van der Waals surface area contributed by atoms with Gasteiger partial charge in [0.1, 0.15) is 11.1 Å². The van der Waals surface area contributed by atoms with Crippen molar-refractivity contribution in [2.24, 2.45) is 5.92 Å². The largest absolute Gasteiger partial charge is 0.481 e. The highest BCUT2D eigenvalue weighted by molar-refractivity contribution is 7.09. The zero-order chi connectivity index (χ0) is 9.14. The predicted molar refractivity (Wildman–Crippen MR) is 43.9 cm³/mol. The Morgan fingerprint density at radius 3 is 2.83 bits per heavy atom. The van der Waals surface area contributed by atoms with Gasteiger partial charge in [-0.3, -0.25) is 4.79 Å². The quantitative estimate of drug-likeness (QED) is 0.737. The second kappa shape index (κ2) is 3.64. The van der Waals surface area contributed by atoms with Crippen molar-refractivity contribution < 1.29 is 15.0 Å². The number of carbonyl (C=O) groups is 1. The molecule has 0 aliphatic heterocycles. The molecule has 4 nitrogen and oxygen atoms in total. The number of carboxylic acids is 1. The third-order valence-electron chi connectivity index (χ3n) is 1.57. The maximum atomic E-state index is 10.5. The molecule has 12 heavy (non-hydrogen) atoms. The number of aliphatic hydroxyl groups is 1. The van der Waals surface area contributed by atoms with Crippen LogP contribution in [0.5, 0.6) is 0 Å². The smallest absolute Gasteiger partial charge is 0.309 e. The first-order valence-electron chi connectivity index (χ1n) is 3.43. The van der Waals surface area contributed by atoms with Crippen molar-refractivity contribution >= 4 is 17.3 Å². The van der Waals surface area contributed by atoms with Gasteiger partial charge in [-0.15, -0.1) is 11.3 Å². The molecule has 1 heterocycles. The number of hydrogen-bond acceptors (Lipinski definition) is 4. The number of rotatable bonds is 3. The van der Waals surface area contributed by atoms with Crippen LogP contribution in [0.1, 0.15) is 18.0 Å². The summed E-state index contributed by atoms with van der Waals surface area (Å²) < 4.78 is 0. The second-order valence-electron chi connectivity index (χ2n) is 2.44. The first-order valence-corrected chi connectivity index (χ1v) is 4.31. The number of aliphatic hydroxyl groups excluding tert-OH is 1. The molecule has 1 aromatic heterocycles. The summed E-state index contributed by atoms with van der Waals surface area (Å²) in [5.74, 6) is -1.83. The van der Waals surface area contributed by atoms with E-state index in [1.807, 2.05) is 0 Å². The SMILES string of the molecule is CC(C(=O)O)C(O)c1nccs1. The lowest BCUT2D eigenvalue weighted by atomic mass is 10.1. The summed E-state index contributed by atoms with van der Waals surface area (Å²) >= 11 is 1.25. The highest BCUT2D eigenvalue weighted by atomic mass is 32.1. The molecule has 0 aliphatic rings. The molecule has 1 rings (SSSR count). The molecule has 0 saturated carbocycles. The van der Waals surface area contributed by atoms with E-state index in [0.29, 0.717) is 5.01 Å². The van der Waals surface area contributed by atoms with Gasteiger partial charge in [0, 0.05) is 11.6 Å². The number of thiazole rings is 1. The molecule has 0 aromatic carbocycles. The van der Waals surface area contributed by atoms with Gasteiger partial charge in [-0.05, 0) is 6.92 Å². The Bertz CT molecular complexity index is 260. The number of hydrogen-bond donors (Lipinski definition) is 2. The standard InChI is InChI=1S/C7H9NO3S/c1-4(7(10)11)5(9)6-8-2-3-12-6/h2-5,9H,1H3,(H,10,11). The molecule has 0 spiro atoms. The zero-order valence-electron chi connectivity index (χ0n) is 6.47. The molecule has 0 aliphatic carbocycles. The molecule has 0 amide bonds. The maximum Gasteiger partial charge on any atom is 0.309 e. The van der Waals surface area contributed by atoms with Crippen LogP contribution in [0.25, 0.3) is 0 Å². The Morgan fingerprint density at radius 1 is 1.75 bits per heavy atom. The number of carboxylic acid groups (broad SMARTS) is 1. The summed E-state index contributed by atoms with van der Waals surface area (Å²) in [6.07, 6.45) is 0.542. The molecular weight excluding hydrogens is 178 g/mol. The summed E-state index contributed by atoms with van der Waals surface area (Å²) in [4.78, 5) is 14.3. The molecule has 0 radical (unpaired) electrons. The molecular formula is C7H9NO3S. The van der Waals surface area contributed by atoms with Crippen LogP contribution < -0.4 is 0 Å². The normalized spacial score (nSPS) is 15.5. The lowest BCUT2D eigenvalue weighted by molar-refractivity contribution is -0.145. The molecule has 66 valence electrons. The third-order valence-corrected chi connectivity index (χ3v) is 2.41. The van der Waals surface area contributed by atoms with Gasteiger partial charge in [0.25, 0.3) is 0 Å². The van der Waals surface area contributed by atoms with Crippen LogP contribution in [0.2, 0.25) is 0 Å². The first-order chi connectivity index (χ1) is 5.63. The Hall–Kier alpha value is -0.940. The van der Waals surface area contributed by atoms with Crippen molar-refractivity contribution in [1.29, 1.82) is 0 Å². The lowest BCUT2D eigenvalue weighted by Gasteiger charge is -2.11. The minimum atomic E-state index is -1.02. The van der Waals surface area contributed by atoms with Crippen LogP contribution in [0.15, 0.2) is 11.6 Å². The van der Waals surface area contributed by atoms with Crippen molar-refractivity contribution in [3.05, 3.63) is 16.6 Å². The van der Waals surface area contributed by atoms with Gasteiger partial charge >= 0.3 is 5.97 Å². The summed E-state index contributed by atoms with van der Waals surface area (Å²) in [7, 11) is 0. The summed E-state index contributed by atoms with van der Waals surface area (Å²) in [6.45, 7) is 1.45. The van der Waals surface area contributed by atoms with Crippen LogP contribution in [0, 0.1) is 5.92 Å². The van der Waals surface area contributed by atoms with Crippen molar-refractivity contribution in [3.63, 3.8) is 0 Å². The molecule has 2 N–H and O–H groups in total. The number of nitrogens with zero attached hydrogens (tertiary/aromatic N) is 1. The molecule has 2 unspecified atom stereocenters. The average Bonchev–Trinajstić information content (AvgIpc) is 2.53. The Kier molecular flexibility index (Phi) is 2.78. The van der Waals surface area contributed by atoms with Crippen LogP contribution in [0.4, 0.5) is 0 Å². The van der Waals surface area contributed by atoms with Crippen molar-refractivity contribution in [2.45, 2.75) is 13.0 Å². The van der Waals surface area contributed by atoms with E-state index >= 15 is 0 Å². The Labute approximate surface area is 73.5 Å². The van der Waals surface area contributed by atoms with Crippen molar-refractivity contribution in [1.82, 2.24) is 4.98 Å². The van der Waals surface area contributed by atoms with E-state index in [-0.39, 0.29) is 0 Å². The molecule has 5 heteroatoms. The van der Waals surface area contributed by atoms with Gasteiger partial charge in [0.05, 0.1) is 5.92 Å². The van der Waals surface area contributed by atoms with Crippen LogP contribution in [-0.2, 0) is 4.79 Å². The summed E-state index contributed by atoms with van der Waals surface area (Å²) in [5.41, 5.74) is 0. The Morgan fingerprint density at radius 2 is 2.42 bits per heavy atom. The van der Waals surface area contributed by atoms with Crippen LogP contribution in [0.3, 0.4) is 0 Å². The molecule has 0 saturated heterocycles. The van der Waals surface area contributed by atoms with E-state index in [1.54, 1.807) is 5.38 Å². The zero-order valence-corrected chi connectivity index (χ0v) is 7.28. The van der Waals surface area contributed by atoms with E-state index in [4.69, 9.17) is 5.11 Å². The van der Waals surface area contributed by atoms with Gasteiger partial charge in [-0.1, -0.05) is 0 Å². The predicted octanol–water partition coefficient (Wildman–Crippen LogP) is 0.897. The highest BCUT2D eigenvalue weighted by Gasteiger charge is 2.24. The third kappa shape index (κ3) is 1.80.